The fraction of sp³-hybridized carbons (Fsp3) is 0.143. The average Bonchev–Trinajstić information content (AvgIpc) is 2.91. The topological polar surface area (TPSA) is 89.3 Å². The Hall–Kier alpha value is -2.41. The largest absolute Gasteiger partial charge is 0.383 e. The minimum absolute atomic E-state index is 0.0565. The van der Waals surface area contributed by atoms with Crippen LogP contribution in [0.1, 0.15) is 10.8 Å². The number of hydrogen-bond donors (Lipinski definition) is 1. The van der Waals surface area contributed by atoms with Gasteiger partial charge in [0.05, 0.1) is 9.82 Å². The van der Waals surface area contributed by atoms with Gasteiger partial charge in [-0.15, -0.1) is 0 Å². The maximum atomic E-state index is 12.6. The molecule has 0 fully saturated rings. The van der Waals surface area contributed by atoms with Crippen LogP contribution in [0.3, 0.4) is 0 Å². The first-order valence-electron chi connectivity index (χ1n) is 6.31. The van der Waals surface area contributed by atoms with Crippen molar-refractivity contribution in [3.8, 4) is 0 Å². The van der Waals surface area contributed by atoms with Crippen LogP contribution in [0.5, 0.6) is 0 Å². The smallest absolute Gasteiger partial charge is 0.271 e. The van der Waals surface area contributed by atoms with Crippen LogP contribution in [0.15, 0.2) is 53.4 Å². The number of anilines is 1. The van der Waals surface area contributed by atoms with Crippen molar-refractivity contribution in [2.24, 2.45) is 0 Å². The number of non-ortho nitro benzene ring substituents is 1. The zero-order valence-electron chi connectivity index (χ0n) is 10.9. The van der Waals surface area contributed by atoms with E-state index in [1.165, 1.54) is 18.2 Å². The van der Waals surface area contributed by atoms with Gasteiger partial charge in [0, 0.05) is 24.4 Å². The van der Waals surface area contributed by atoms with E-state index in [4.69, 9.17) is 0 Å². The molecule has 1 unspecified atom stereocenters. The third kappa shape index (κ3) is 2.25. The first-order valence-corrected chi connectivity index (χ1v) is 7.86. The molecule has 0 amide bonds. The SMILES string of the molecule is O=[N+]([O-])c1ccc2c(c1)NCC2S(=O)(=O)c1ccccc1. The van der Waals surface area contributed by atoms with Crippen LogP contribution in [0.25, 0.3) is 0 Å². The van der Waals surface area contributed by atoms with E-state index in [0.717, 1.165) is 0 Å². The number of nitrogens with one attached hydrogen (secondary N) is 1. The molecule has 3 rings (SSSR count). The van der Waals surface area contributed by atoms with Crippen molar-refractivity contribution < 1.29 is 13.3 Å². The van der Waals surface area contributed by atoms with Crippen molar-refractivity contribution in [2.75, 3.05) is 11.9 Å². The number of nitrogens with zero attached hydrogens (tertiary/aromatic N) is 1. The van der Waals surface area contributed by atoms with Gasteiger partial charge in [-0.3, -0.25) is 10.1 Å². The first-order chi connectivity index (χ1) is 10.00. The fourth-order valence-electron chi connectivity index (χ4n) is 2.46. The van der Waals surface area contributed by atoms with E-state index in [1.54, 1.807) is 30.3 Å². The number of nitro groups is 1. The Morgan fingerprint density at radius 2 is 1.86 bits per heavy atom. The Labute approximate surface area is 121 Å². The van der Waals surface area contributed by atoms with E-state index in [0.29, 0.717) is 11.3 Å². The number of fused-ring (bicyclic) bond motifs is 1. The molecule has 21 heavy (non-hydrogen) atoms. The number of sulfone groups is 1. The molecule has 108 valence electrons. The van der Waals surface area contributed by atoms with Crippen LogP contribution in [0.2, 0.25) is 0 Å². The summed E-state index contributed by atoms with van der Waals surface area (Å²) in [5, 5.41) is 13.0. The normalized spacial score (nSPS) is 17.0. The van der Waals surface area contributed by atoms with Gasteiger partial charge in [-0.05, 0) is 23.8 Å². The molecule has 2 aromatic rings. The van der Waals surface area contributed by atoms with Gasteiger partial charge < -0.3 is 5.32 Å². The zero-order valence-corrected chi connectivity index (χ0v) is 11.7. The van der Waals surface area contributed by atoms with Crippen LogP contribution in [-0.2, 0) is 9.84 Å². The Morgan fingerprint density at radius 3 is 2.52 bits per heavy atom. The molecule has 0 aromatic heterocycles. The lowest BCUT2D eigenvalue weighted by Gasteiger charge is -2.11. The van der Waals surface area contributed by atoms with E-state index in [2.05, 4.69) is 5.32 Å². The monoisotopic (exact) mass is 304 g/mol. The summed E-state index contributed by atoms with van der Waals surface area (Å²) in [5.74, 6) is 0. The number of hydrogen-bond acceptors (Lipinski definition) is 5. The summed E-state index contributed by atoms with van der Waals surface area (Å²) < 4.78 is 25.3. The molecule has 7 heteroatoms. The van der Waals surface area contributed by atoms with Crippen molar-refractivity contribution in [1.29, 1.82) is 0 Å². The van der Waals surface area contributed by atoms with E-state index in [1.807, 2.05) is 0 Å². The highest BCUT2D eigenvalue weighted by atomic mass is 32.2. The predicted molar refractivity (Wildman–Crippen MR) is 78.0 cm³/mol. The van der Waals surface area contributed by atoms with Crippen LogP contribution in [0.4, 0.5) is 11.4 Å². The summed E-state index contributed by atoms with van der Waals surface area (Å²) >= 11 is 0. The lowest BCUT2D eigenvalue weighted by molar-refractivity contribution is -0.384. The van der Waals surface area contributed by atoms with Crippen LogP contribution in [0, 0.1) is 10.1 Å². The van der Waals surface area contributed by atoms with E-state index in [9.17, 15) is 18.5 Å². The molecule has 1 atom stereocenters. The summed E-state index contributed by atoms with van der Waals surface area (Å²) in [6, 6.07) is 12.4. The lowest BCUT2D eigenvalue weighted by Crippen LogP contribution is -2.15. The van der Waals surface area contributed by atoms with Gasteiger partial charge in [-0.1, -0.05) is 18.2 Å². The highest BCUT2D eigenvalue weighted by Crippen LogP contribution is 2.39. The molecule has 0 radical (unpaired) electrons. The Kier molecular flexibility index (Phi) is 3.13. The summed E-state index contributed by atoms with van der Waals surface area (Å²) in [5.41, 5.74) is 1.03. The third-order valence-electron chi connectivity index (χ3n) is 3.52. The average molecular weight is 304 g/mol. The molecule has 1 N–H and O–H groups in total. The molecule has 0 saturated heterocycles. The van der Waals surface area contributed by atoms with Crippen molar-refractivity contribution in [3.05, 3.63) is 64.2 Å². The molecule has 6 nitrogen and oxygen atoms in total. The van der Waals surface area contributed by atoms with Crippen molar-refractivity contribution in [2.45, 2.75) is 10.1 Å². The minimum Gasteiger partial charge on any atom is -0.383 e. The standard InChI is InChI=1S/C14H12N2O4S/c17-16(18)10-6-7-12-13(8-10)15-9-14(12)21(19,20)11-4-2-1-3-5-11/h1-8,14-15H,9H2. The molecule has 1 aliphatic heterocycles. The molecule has 0 spiro atoms. The van der Waals surface area contributed by atoms with Crippen LogP contribution in [-0.4, -0.2) is 19.9 Å². The first kappa shape index (κ1) is 13.6. The summed E-state index contributed by atoms with van der Waals surface area (Å²) in [7, 11) is -3.52. The highest BCUT2D eigenvalue weighted by Gasteiger charge is 2.35. The van der Waals surface area contributed by atoms with Gasteiger partial charge >= 0.3 is 0 Å². The Morgan fingerprint density at radius 1 is 1.14 bits per heavy atom. The van der Waals surface area contributed by atoms with E-state index in [-0.39, 0.29) is 17.1 Å². The summed E-state index contributed by atoms with van der Waals surface area (Å²) in [6.45, 7) is 0.216. The van der Waals surface area contributed by atoms with Crippen molar-refractivity contribution >= 4 is 21.2 Å². The second-order valence-corrected chi connectivity index (χ2v) is 6.89. The Balaban J connectivity index is 2.04. The summed E-state index contributed by atoms with van der Waals surface area (Å²) in [4.78, 5) is 10.5. The van der Waals surface area contributed by atoms with E-state index >= 15 is 0 Å². The van der Waals surface area contributed by atoms with Gasteiger partial charge in [0.1, 0.15) is 5.25 Å². The fourth-order valence-corrected chi connectivity index (χ4v) is 4.16. The maximum Gasteiger partial charge on any atom is 0.271 e. The van der Waals surface area contributed by atoms with Crippen molar-refractivity contribution in [3.63, 3.8) is 0 Å². The summed E-state index contributed by atoms with van der Waals surface area (Å²) in [6.07, 6.45) is 0. The Bertz CT molecular complexity index is 803. The second-order valence-electron chi connectivity index (χ2n) is 4.76. The molecular formula is C14H12N2O4S. The molecule has 2 aromatic carbocycles. The van der Waals surface area contributed by atoms with Crippen molar-refractivity contribution in [1.82, 2.24) is 0 Å². The maximum absolute atomic E-state index is 12.6. The minimum atomic E-state index is -3.52. The molecular weight excluding hydrogens is 292 g/mol. The quantitative estimate of drug-likeness (QED) is 0.695. The molecule has 1 heterocycles. The molecule has 0 aliphatic carbocycles. The second kappa shape index (κ2) is 4.85. The van der Waals surface area contributed by atoms with Crippen LogP contribution < -0.4 is 5.32 Å². The number of nitro benzene ring substituents is 1. The molecule has 1 aliphatic rings. The number of rotatable bonds is 3. The van der Waals surface area contributed by atoms with Gasteiger partial charge in [-0.2, -0.15) is 0 Å². The van der Waals surface area contributed by atoms with E-state index < -0.39 is 20.0 Å². The van der Waals surface area contributed by atoms with Gasteiger partial charge in [-0.25, -0.2) is 8.42 Å². The predicted octanol–water partition coefficient (Wildman–Crippen LogP) is 2.54. The van der Waals surface area contributed by atoms with Gasteiger partial charge in [0.25, 0.3) is 5.69 Å². The highest BCUT2D eigenvalue weighted by molar-refractivity contribution is 7.91. The number of benzene rings is 2. The lowest BCUT2D eigenvalue weighted by atomic mass is 10.1. The van der Waals surface area contributed by atoms with Crippen LogP contribution >= 0.6 is 0 Å². The van der Waals surface area contributed by atoms with Gasteiger partial charge in [0.2, 0.25) is 0 Å². The molecule has 0 saturated carbocycles. The molecule has 0 bridgehead atoms. The third-order valence-corrected chi connectivity index (χ3v) is 5.62. The zero-order chi connectivity index (χ0) is 15.0. The van der Waals surface area contributed by atoms with Gasteiger partial charge in [0.15, 0.2) is 9.84 Å².